The summed E-state index contributed by atoms with van der Waals surface area (Å²) in [6, 6.07) is 0. The van der Waals surface area contributed by atoms with Crippen molar-refractivity contribution in [2.45, 2.75) is 18.3 Å². The molecule has 13 heavy (non-hydrogen) atoms. The molecule has 1 unspecified atom stereocenters. The molecule has 8 heteroatoms. The van der Waals surface area contributed by atoms with Gasteiger partial charge in [-0.2, -0.15) is 0 Å². The van der Waals surface area contributed by atoms with E-state index in [1.54, 1.807) is 0 Å². The van der Waals surface area contributed by atoms with Crippen molar-refractivity contribution in [3.05, 3.63) is 0 Å². The fourth-order valence-electron chi connectivity index (χ4n) is 0.697. The Kier molecular flexibility index (Phi) is 7.59. The quantitative estimate of drug-likeness (QED) is 0.491. The normalized spacial score (nSPS) is 18.7. The maximum Gasteiger partial charge on any atom is 0.226 e. The average Bonchev–Trinajstić information content (AvgIpc) is 2.11. The van der Waals surface area contributed by atoms with Crippen LogP contribution in [0.5, 0.6) is 0 Å². The molecule has 0 aromatic carbocycles. The van der Waals surface area contributed by atoms with Gasteiger partial charge in [0.25, 0.3) is 0 Å². The third kappa shape index (κ3) is 5.30. The average molecular weight is 253 g/mol. The van der Waals surface area contributed by atoms with Crippen molar-refractivity contribution in [2.24, 2.45) is 0 Å². The molecule has 3 atom stereocenters. The maximum atomic E-state index is 9.12. The van der Waals surface area contributed by atoms with Crippen LogP contribution in [0.3, 0.4) is 0 Å². The summed E-state index contributed by atoms with van der Waals surface area (Å²) in [4.78, 5) is 0. The van der Waals surface area contributed by atoms with Gasteiger partial charge in [-0.3, -0.25) is 0 Å². The van der Waals surface area contributed by atoms with Crippen molar-refractivity contribution in [1.82, 2.24) is 0 Å². The second kappa shape index (κ2) is 7.15. The van der Waals surface area contributed by atoms with Gasteiger partial charge in [0.15, 0.2) is 0 Å². The second-order valence-corrected chi connectivity index (χ2v) is 5.25. The van der Waals surface area contributed by atoms with E-state index in [0.717, 1.165) is 0 Å². The molecule has 80 valence electrons. The van der Waals surface area contributed by atoms with E-state index >= 15 is 0 Å². The van der Waals surface area contributed by atoms with Gasteiger partial charge in [0.05, 0.1) is 13.2 Å². The van der Waals surface area contributed by atoms with Gasteiger partial charge >= 0.3 is 0 Å². The van der Waals surface area contributed by atoms with Crippen molar-refractivity contribution < 1.29 is 24.9 Å². The zero-order valence-corrected chi connectivity index (χ0v) is 8.95. The van der Waals surface area contributed by atoms with Crippen molar-refractivity contribution in [3.63, 3.8) is 0 Å². The summed E-state index contributed by atoms with van der Waals surface area (Å²) in [5, 5.41) is 35.4. The van der Waals surface area contributed by atoms with Crippen LogP contribution < -0.4 is 0 Å². The van der Waals surface area contributed by atoms with Crippen molar-refractivity contribution in [3.8, 4) is 0 Å². The summed E-state index contributed by atoms with van der Waals surface area (Å²) < 4.78 is 4.73. The van der Waals surface area contributed by atoms with Gasteiger partial charge in [0.1, 0.15) is 18.3 Å². The molecule has 0 aromatic rings. The van der Waals surface area contributed by atoms with Crippen molar-refractivity contribution in [2.75, 3.05) is 13.2 Å². The Morgan fingerprint density at radius 3 is 1.69 bits per heavy atom. The van der Waals surface area contributed by atoms with Gasteiger partial charge < -0.3 is 24.9 Å². The molecule has 0 rings (SSSR count). The number of hydrogen-bond donors (Lipinski definition) is 4. The Bertz CT molecular complexity index is 128. The Morgan fingerprint density at radius 2 is 1.46 bits per heavy atom. The molecule has 0 spiro atoms. The van der Waals surface area contributed by atoms with E-state index in [0.29, 0.717) is 0 Å². The SMILES string of the molecule is OC[C@@H](O)C(OP(Cl)Cl)[C@@H](O)CO. The largest absolute Gasteiger partial charge is 0.394 e. The van der Waals surface area contributed by atoms with E-state index in [9.17, 15) is 0 Å². The standard InChI is InChI=1S/C5H11Cl2O5P/c6-13(7)12-5(3(10)1-8)4(11)2-9/h3-5,8-11H,1-2H2/t3-,4+,5?. The van der Waals surface area contributed by atoms with E-state index in [4.69, 9.17) is 47.4 Å². The highest BCUT2D eigenvalue weighted by molar-refractivity contribution is 8.00. The van der Waals surface area contributed by atoms with Crippen LogP contribution in [-0.2, 0) is 4.52 Å². The molecule has 0 aromatic heterocycles. The second-order valence-electron chi connectivity index (χ2n) is 2.27. The molecule has 0 fully saturated rings. The van der Waals surface area contributed by atoms with Gasteiger partial charge in [-0.05, 0) is 22.5 Å². The molecule has 0 radical (unpaired) electrons. The number of hydrogen-bond acceptors (Lipinski definition) is 5. The molecule has 0 heterocycles. The third-order valence-corrected chi connectivity index (χ3v) is 2.21. The number of aliphatic hydroxyl groups excluding tert-OH is 4. The minimum absolute atomic E-state index is 0.612. The lowest BCUT2D eigenvalue weighted by atomic mass is 10.1. The predicted molar refractivity (Wildman–Crippen MR) is 49.7 cm³/mol. The first-order valence-corrected chi connectivity index (χ1v) is 6.46. The number of halogens is 2. The topological polar surface area (TPSA) is 90.2 Å². The summed E-state index contributed by atoms with van der Waals surface area (Å²) in [5.41, 5.74) is 0. The molecular formula is C5H11Cl2O5P. The molecular weight excluding hydrogens is 242 g/mol. The molecule has 0 aliphatic rings. The Balaban J connectivity index is 4.17. The molecule has 4 N–H and O–H groups in total. The maximum absolute atomic E-state index is 9.12. The Hall–Kier alpha value is 0.810. The van der Waals surface area contributed by atoms with Gasteiger partial charge in [0, 0.05) is 0 Å². The van der Waals surface area contributed by atoms with E-state index < -0.39 is 38.4 Å². The van der Waals surface area contributed by atoms with Crippen molar-refractivity contribution >= 4 is 29.3 Å². The molecule has 5 nitrogen and oxygen atoms in total. The van der Waals surface area contributed by atoms with Crippen LogP contribution in [0.1, 0.15) is 0 Å². The molecule has 0 saturated carbocycles. The Labute approximate surface area is 86.3 Å². The van der Waals surface area contributed by atoms with Gasteiger partial charge in [-0.1, -0.05) is 0 Å². The lowest BCUT2D eigenvalue weighted by Gasteiger charge is -2.25. The van der Waals surface area contributed by atoms with E-state index in [-0.39, 0.29) is 0 Å². The minimum atomic E-state index is -1.81. The fourth-order valence-corrected chi connectivity index (χ4v) is 1.71. The smallest absolute Gasteiger partial charge is 0.226 e. The molecule has 0 aliphatic heterocycles. The highest BCUT2D eigenvalue weighted by Crippen LogP contribution is 2.49. The van der Waals surface area contributed by atoms with Crippen LogP contribution in [0.25, 0.3) is 0 Å². The van der Waals surface area contributed by atoms with Crippen LogP contribution in [0, 0.1) is 0 Å². The van der Waals surface area contributed by atoms with E-state index in [1.165, 1.54) is 0 Å². The van der Waals surface area contributed by atoms with E-state index in [2.05, 4.69) is 0 Å². The van der Waals surface area contributed by atoms with Crippen LogP contribution >= 0.6 is 29.3 Å². The monoisotopic (exact) mass is 252 g/mol. The summed E-state index contributed by atoms with van der Waals surface area (Å²) in [5.74, 6) is 0. The van der Waals surface area contributed by atoms with Gasteiger partial charge in [-0.15, -0.1) is 0 Å². The van der Waals surface area contributed by atoms with Gasteiger partial charge in [-0.25, -0.2) is 0 Å². The highest BCUT2D eigenvalue weighted by Gasteiger charge is 2.29. The number of rotatable bonds is 6. The first kappa shape index (κ1) is 13.8. The summed E-state index contributed by atoms with van der Waals surface area (Å²) >= 11 is 10.6. The van der Waals surface area contributed by atoms with Gasteiger partial charge in [0.2, 0.25) is 6.85 Å². The molecule has 0 bridgehead atoms. The van der Waals surface area contributed by atoms with E-state index in [1.807, 2.05) is 0 Å². The van der Waals surface area contributed by atoms with Crippen LogP contribution in [0.15, 0.2) is 0 Å². The first-order valence-electron chi connectivity index (χ1n) is 3.39. The lowest BCUT2D eigenvalue weighted by molar-refractivity contribution is -0.0720. The summed E-state index contributed by atoms with van der Waals surface area (Å²) in [6.45, 7) is -3.04. The highest BCUT2D eigenvalue weighted by atomic mass is 35.9. The van der Waals surface area contributed by atoms with Crippen molar-refractivity contribution in [1.29, 1.82) is 0 Å². The summed E-state index contributed by atoms with van der Waals surface area (Å²) in [6.07, 6.45) is -3.84. The third-order valence-electron chi connectivity index (χ3n) is 1.33. The molecule has 0 aliphatic carbocycles. The molecule has 0 amide bonds. The number of aliphatic hydroxyl groups is 4. The zero-order chi connectivity index (χ0) is 10.4. The first-order chi connectivity index (χ1) is 6.02. The predicted octanol–water partition coefficient (Wildman–Crippen LogP) is -0.218. The van der Waals surface area contributed by atoms with Crippen LogP contribution in [-0.4, -0.2) is 52.0 Å². The lowest BCUT2D eigenvalue weighted by Crippen LogP contribution is -2.42. The molecule has 0 saturated heterocycles. The summed E-state index contributed by atoms with van der Waals surface area (Å²) in [7, 11) is 0. The zero-order valence-electron chi connectivity index (χ0n) is 6.55. The fraction of sp³-hybridized carbons (Fsp3) is 1.00. The van der Waals surface area contributed by atoms with Crippen LogP contribution in [0.2, 0.25) is 0 Å². The van der Waals surface area contributed by atoms with Crippen LogP contribution in [0.4, 0.5) is 0 Å². The Morgan fingerprint density at radius 1 is 1.08 bits per heavy atom. The minimum Gasteiger partial charge on any atom is -0.394 e.